The number of para-hydroxylation sites is 1. The van der Waals surface area contributed by atoms with Gasteiger partial charge < -0.3 is 10.2 Å². The molecule has 0 fully saturated rings. The molecule has 2 N–H and O–H groups in total. The third kappa shape index (κ3) is 3.95. The first-order valence-electron chi connectivity index (χ1n) is 6.00. The van der Waals surface area contributed by atoms with E-state index in [0.29, 0.717) is 0 Å². The Kier molecular flexibility index (Phi) is 5.47. The van der Waals surface area contributed by atoms with Crippen molar-refractivity contribution >= 4 is 12.3 Å². The van der Waals surface area contributed by atoms with E-state index in [-0.39, 0.29) is 11.3 Å². The van der Waals surface area contributed by atoms with Crippen LogP contribution in [0.3, 0.4) is 0 Å². The Morgan fingerprint density at radius 1 is 1.05 bits per heavy atom. The fraction of sp³-hybridized carbons (Fsp3) is 0.125. The van der Waals surface area contributed by atoms with Gasteiger partial charge in [0, 0.05) is 5.56 Å². The predicted octanol–water partition coefficient (Wildman–Crippen LogP) is 3.21. The molecule has 0 saturated heterocycles. The molecular weight excluding hydrogens is 256 g/mol. The summed E-state index contributed by atoms with van der Waals surface area (Å²) in [6, 6.07) is 11.5. The number of aldehydes is 1. The quantitative estimate of drug-likeness (QED) is 0.823. The zero-order valence-electron chi connectivity index (χ0n) is 11.3. The molecule has 0 bridgehead atoms. The zero-order valence-corrected chi connectivity index (χ0v) is 11.3. The first-order chi connectivity index (χ1) is 9.47. The Labute approximate surface area is 117 Å². The van der Waals surface area contributed by atoms with Crippen molar-refractivity contribution in [3.63, 3.8) is 0 Å². The summed E-state index contributed by atoms with van der Waals surface area (Å²) < 4.78 is 0. The summed E-state index contributed by atoms with van der Waals surface area (Å²) in [7, 11) is 0. The van der Waals surface area contributed by atoms with Crippen molar-refractivity contribution in [2.24, 2.45) is 0 Å². The van der Waals surface area contributed by atoms with Crippen LogP contribution >= 0.6 is 0 Å². The minimum absolute atomic E-state index is 0.0671. The minimum atomic E-state index is -1.11. The van der Waals surface area contributed by atoms with Gasteiger partial charge in [0.2, 0.25) is 0 Å². The Hall–Kier alpha value is -2.62. The lowest BCUT2D eigenvalue weighted by Crippen LogP contribution is -1.95. The number of carboxylic acid groups (broad SMARTS) is 1. The molecule has 2 rings (SSSR count). The third-order valence-corrected chi connectivity index (χ3v) is 2.91. The zero-order chi connectivity index (χ0) is 15.1. The number of phenols is 1. The molecule has 104 valence electrons. The van der Waals surface area contributed by atoms with Crippen LogP contribution in [0.25, 0.3) is 0 Å². The second kappa shape index (κ2) is 7.09. The Morgan fingerprint density at radius 3 is 2.15 bits per heavy atom. The number of hydrogen-bond acceptors (Lipinski definition) is 3. The highest BCUT2D eigenvalue weighted by Gasteiger charge is 2.05. The van der Waals surface area contributed by atoms with E-state index in [0.717, 1.165) is 17.4 Å². The largest absolute Gasteiger partial charge is 0.507 e. The SMILES string of the molecule is Cc1cccc(C=O)c1C.O=C(O)c1ccccc1O. The number of rotatable bonds is 2. The second-order valence-corrected chi connectivity index (χ2v) is 4.23. The van der Waals surface area contributed by atoms with Crippen molar-refractivity contribution in [2.45, 2.75) is 13.8 Å². The maximum Gasteiger partial charge on any atom is 0.339 e. The van der Waals surface area contributed by atoms with Gasteiger partial charge in [-0.05, 0) is 37.1 Å². The van der Waals surface area contributed by atoms with E-state index in [4.69, 9.17) is 10.2 Å². The number of hydrogen-bond donors (Lipinski definition) is 2. The molecule has 0 radical (unpaired) electrons. The lowest BCUT2D eigenvalue weighted by atomic mass is 10.1. The molecule has 2 aromatic rings. The lowest BCUT2D eigenvalue weighted by molar-refractivity contribution is 0.0693. The van der Waals surface area contributed by atoms with Crippen LogP contribution in [0.5, 0.6) is 5.75 Å². The summed E-state index contributed by atoms with van der Waals surface area (Å²) >= 11 is 0. The molecular formula is C16H16O4. The van der Waals surface area contributed by atoms with E-state index >= 15 is 0 Å². The van der Waals surface area contributed by atoms with Gasteiger partial charge in [0.1, 0.15) is 17.6 Å². The molecule has 4 nitrogen and oxygen atoms in total. The van der Waals surface area contributed by atoms with Crippen LogP contribution < -0.4 is 0 Å². The van der Waals surface area contributed by atoms with Crippen LogP contribution in [0.1, 0.15) is 31.8 Å². The van der Waals surface area contributed by atoms with E-state index in [1.165, 1.54) is 17.7 Å². The van der Waals surface area contributed by atoms with Crippen LogP contribution in [-0.4, -0.2) is 22.5 Å². The van der Waals surface area contributed by atoms with Crippen LogP contribution in [0.2, 0.25) is 0 Å². The monoisotopic (exact) mass is 272 g/mol. The van der Waals surface area contributed by atoms with Crippen molar-refractivity contribution in [3.8, 4) is 5.75 Å². The molecule has 0 aromatic heterocycles. The maximum atomic E-state index is 10.4. The molecule has 0 atom stereocenters. The second-order valence-electron chi connectivity index (χ2n) is 4.23. The minimum Gasteiger partial charge on any atom is -0.507 e. The maximum absolute atomic E-state index is 10.4. The van der Waals surface area contributed by atoms with Crippen LogP contribution in [0.15, 0.2) is 42.5 Å². The first-order valence-corrected chi connectivity index (χ1v) is 6.00. The normalized spacial score (nSPS) is 9.30. The van der Waals surface area contributed by atoms with E-state index in [9.17, 15) is 9.59 Å². The number of carbonyl (C=O) groups is 2. The van der Waals surface area contributed by atoms with Gasteiger partial charge in [-0.1, -0.05) is 30.3 Å². The summed E-state index contributed by atoms with van der Waals surface area (Å²) in [5.74, 6) is -1.31. The number of aromatic carboxylic acids is 1. The number of aromatic hydroxyl groups is 1. The lowest BCUT2D eigenvalue weighted by Gasteiger charge is -1.99. The fourth-order valence-electron chi connectivity index (χ4n) is 1.56. The van der Waals surface area contributed by atoms with Crippen LogP contribution in [0.4, 0.5) is 0 Å². The van der Waals surface area contributed by atoms with Gasteiger partial charge in [0.15, 0.2) is 0 Å². The van der Waals surface area contributed by atoms with Gasteiger partial charge in [0.25, 0.3) is 0 Å². The topological polar surface area (TPSA) is 74.6 Å². The number of benzene rings is 2. The molecule has 0 amide bonds. The highest BCUT2D eigenvalue weighted by Crippen LogP contribution is 2.14. The molecule has 0 unspecified atom stereocenters. The van der Waals surface area contributed by atoms with Crippen molar-refractivity contribution < 1.29 is 19.8 Å². The number of carboxylic acids is 1. The average Bonchev–Trinajstić information content (AvgIpc) is 2.43. The van der Waals surface area contributed by atoms with Crippen molar-refractivity contribution in [1.82, 2.24) is 0 Å². The molecule has 20 heavy (non-hydrogen) atoms. The predicted molar refractivity (Wildman–Crippen MR) is 76.4 cm³/mol. The molecule has 0 heterocycles. The summed E-state index contributed by atoms with van der Waals surface area (Å²) in [6.07, 6.45) is 0.891. The molecule has 0 aliphatic heterocycles. The van der Waals surface area contributed by atoms with Gasteiger partial charge in [-0.2, -0.15) is 0 Å². The van der Waals surface area contributed by atoms with Crippen molar-refractivity contribution in [2.75, 3.05) is 0 Å². The van der Waals surface area contributed by atoms with E-state index in [2.05, 4.69) is 0 Å². The molecule has 2 aromatic carbocycles. The Morgan fingerprint density at radius 2 is 1.70 bits per heavy atom. The molecule has 0 saturated carbocycles. The van der Waals surface area contributed by atoms with E-state index in [1.54, 1.807) is 12.1 Å². The summed E-state index contributed by atoms with van der Waals surface area (Å²) in [5, 5.41) is 17.3. The Bertz CT molecular complexity index is 618. The molecule has 0 spiro atoms. The molecule has 0 aliphatic rings. The average molecular weight is 272 g/mol. The Balaban J connectivity index is 0.000000200. The summed E-state index contributed by atoms with van der Waals surface area (Å²) in [6.45, 7) is 3.96. The summed E-state index contributed by atoms with van der Waals surface area (Å²) in [5.41, 5.74) is 2.98. The van der Waals surface area contributed by atoms with Crippen LogP contribution in [-0.2, 0) is 0 Å². The standard InChI is InChI=1S/C9H10O.C7H6O3/c1-7-4-3-5-9(6-10)8(7)2;8-6-4-2-1-3-5(6)7(9)10/h3-6H,1-2H3;1-4,8H,(H,9,10). The fourth-order valence-corrected chi connectivity index (χ4v) is 1.56. The van der Waals surface area contributed by atoms with Gasteiger partial charge in [0.05, 0.1) is 0 Å². The van der Waals surface area contributed by atoms with E-state index < -0.39 is 5.97 Å². The number of carbonyl (C=O) groups excluding carboxylic acids is 1. The van der Waals surface area contributed by atoms with Crippen molar-refractivity contribution in [1.29, 1.82) is 0 Å². The van der Waals surface area contributed by atoms with Gasteiger partial charge >= 0.3 is 5.97 Å². The molecule has 0 aliphatic carbocycles. The third-order valence-electron chi connectivity index (χ3n) is 2.91. The number of aryl methyl sites for hydroxylation is 1. The van der Waals surface area contributed by atoms with Gasteiger partial charge in [-0.15, -0.1) is 0 Å². The summed E-state index contributed by atoms with van der Waals surface area (Å²) in [4.78, 5) is 20.6. The van der Waals surface area contributed by atoms with Crippen LogP contribution in [0, 0.1) is 13.8 Å². The van der Waals surface area contributed by atoms with Gasteiger partial charge in [-0.25, -0.2) is 4.79 Å². The first kappa shape index (κ1) is 15.4. The smallest absolute Gasteiger partial charge is 0.339 e. The van der Waals surface area contributed by atoms with E-state index in [1.807, 2.05) is 32.0 Å². The molecule has 4 heteroatoms. The highest BCUT2D eigenvalue weighted by molar-refractivity contribution is 5.90. The van der Waals surface area contributed by atoms with Gasteiger partial charge in [-0.3, -0.25) is 4.79 Å². The highest BCUT2D eigenvalue weighted by atomic mass is 16.4. The van der Waals surface area contributed by atoms with Crippen molar-refractivity contribution in [3.05, 3.63) is 64.7 Å².